The van der Waals surface area contributed by atoms with E-state index in [-0.39, 0.29) is 11.8 Å². The van der Waals surface area contributed by atoms with Gasteiger partial charge in [0.15, 0.2) is 0 Å². The molecular formula is C16H22N2O. The highest BCUT2D eigenvalue weighted by Gasteiger charge is 2.40. The molecule has 1 N–H and O–H groups in total. The Bertz CT molecular complexity index is 477. The number of nitrogens with one attached hydrogen (secondary N) is 1. The molecule has 0 aromatic heterocycles. The number of hydrogen-bond acceptors (Lipinski definition) is 2. The Morgan fingerprint density at radius 1 is 1.21 bits per heavy atom. The fraction of sp³-hybridized carbons (Fsp3) is 0.562. The highest BCUT2D eigenvalue weighted by atomic mass is 16.2. The molecule has 3 rings (SSSR count). The first-order valence-corrected chi connectivity index (χ1v) is 7.28. The molecule has 0 aliphatic carbocycles. The molecule has 1 aromatic rings. The summed E-state index contributed by atoms with van der Waals surface area (Å²) in [6.45, 7) is 6.38. The van der Waals surface area contributed by atoms with Gasteiger partial charge < -0.3 is 5.32 Å². The first-order chi connectivity index (χ1) is 9.16. The quantitative estimate of drug-likeness (QED) is 0.884. The van der Waals surface area contributed by atoms with E-state index in [9.17, 15) is 4.79 Å². The Balaban J connectivity index is 1.75. The lowest BCUT2D eigenvalue weighted by Crippen LogP contribution is -2.33. The highest BCUT2D eigenvalue weighted by molar-refractivity contribution is 5.94. The predicted octanol–water partition coefficient (Wildman–Crippen LogP) is 2.73. The van der Waals surface area contributed by atoms with E-state index in [0.29, 0.717) is 6.04 Å². The van der Waals surface area contributed by atoms with Crippen molar-refractivity contribution in [2.75, 3.05) is 18.4 Å². The lowest BCUT2D eigenvalue weighted by atomic mass is 9.97. The van der Waals surface area contributed by atoms with Gasteiger partial charge in [0, 0.05) is 11.7 Å². The summed E-state index contributed by atoms with van der Waals surface area (Å²) in [7, 11) is 0. The molecule has 2 unspecified atom stereocenters. The number of carbonyl (C=O) groups is 1. The molecule has 2 atom stereocenters. The average Bonchev–Trinajstić information content (AvgIpc) is 2.95. The fourth-order valence-corrected chi connectivity index (χ4v) is 3.62. The maximum atomic E-state index is 12.5. The Morgan fingerprint density at radius 2 is 1.95 bits per heavy atom. The van der Waals surface area contributed by atoms with E-state index >= 15 is 0 Å². The minimum absolute atomic E-state index is 0.182. The van der Waals surface area contributed by atoms with Crippen LogP contribution in [0.15, 0.2) is 18.2 Å². The molecule has 3 nitrogen and oxygen atoms in total. The third-order valence-electron chi connectivity index (χ3n) is 4.67. The summed E-state index contributed by atoms with van der Waals surface area (Å²) in [5.41, 5.74) is 3.30. The largest absolute Gasteiger partial charge is 0.325 e. The zero-order valence-corrected chi connectivity index (χ0v) is 11.8. The number of benzene rings is 1. The highest BCUT2D eigenvalue weighted by Crippen LogP contribution is 2.33. The van der Waals surface area contributed by atoms with Crippen molar-refractivity contribution in [3.8, 4) is 0 Å². The van der Waals surface area contributed by atoms with Gasteiger partial charge in [-0.15, -0.1) is 0 Å². The number of carbonyl (C=O) groups excluding carboxylic acids is 1. The number of fused-ring (bicyclic) bond motifs is 1. The van der Waals surface area contributed by atoms with Crippen LogP contribution in [0, 0.1) is 19.8 Å². The van der Waals surface area contributed by atoms with Crippen molar-refractivity contribution < 1.29 is 4.79 Å². The minimum atomic E-state index is 0.182. The van der Waals surface area contributed by atoms with Gasteiger partial charge in [-0.25, -0.2) is 0 Å². The van der Waals surface area contributed by atoms with Crippen LogP contribution in [0.25, 0.3) is 0 Å². The van der Waals surface area contributed by atoms with E-state index in [2.05, 4.69) is 36.2 Å². The van der Waals surface area contributed by atoms with Crippen LogP contribution in [0.5, 0.6) is 0 Å². The zero-order chi connectivity index (χ0) is 13.4. The van der Waals surface area contributed by atoms with Gasteiger partial charge in [-0.1, -0.05) is 18.2 Å². The Labute approximate surface area is 115 Å². The maximum Gasteiger partial charge on any atom is 0.229 e. The van der Waals surface area contributed by atoms with Crippen molar-refractivity contribution in [2.45, 2.75) is 39.2 Å². The molecule has 2 aliphatic rings. The maximum absolute atomic E-state index is 12.5. The molecule has 19 heavy (non-hydrogen) atoms. The van der Waals surface area contributed by atoms with Crippen molar-refractivity contribution in [3.05, 3.63) is 29.3 Å². The lowest BCUT2D eigenvalue weighted by molar-refractivity contribution is -0.120. The van der Waals surface area contributed by atoms with Gasteiger partial charge in [0.2, 0.25) is 5.91 Å². The topological polar surface area (TPSA) is 32.3 Å². The van der Waals surface area contributed by atoms with Crippen LogP contribution in [0.2, 0.25) is 0 Å². The average molecular weight is 258 g/mol. The molecule has 3 heteroatoms. The number of anilines is 1. The second-order valence-corrected chi connectivity index (χ2v) is 5.90. The summed E-state index contributed by atoms with van der Waals surface area (Å²) in [5.74, 6) is 0.397. The van der Waals surface area contributed by atoms with E-state index in [1.165, 1.54) is 19.4 Å². The molecule has 1 amide bonds. The SMILES string of the molecule is Cc1cccc(C)c1NC(=O)C1CCN2CCCC12. The first kappa shape index (κ1) is 12.7. The van der Waals surface area contributed by atoms with Gasteiger partial charge in [0.1, 0.15) is 0 Å². The number of aryl methyl sites for hydroxylation is 2. The molecule has 2 fully saturated rings. The van der Waals surface area contributed by atoms with E-state index in [0.717, 1.165) is 29.8 Å². The summed E-state index contributed by atoms with van der Waals surface area (Å²) in [5, 5.41) is 3.17. The van der Waals surface area contributed by atoms with Crippen LogP contribution in [-0.2, 0) is 4.79 Å². The summed E-state index contributed by atoms with van der Waals surface area (Å²) >= 11 is 0. The van der Waals surface area contributed by atoms with Gasteiger partial charge in [-0.3, -0.25) is 9.69 Å². The third-order valence-corrected chi connectivity index (χ3v) is 4.67. The molecular weight excluding hydrogens is 236 g/mol. The predicted molar refractivity (Wildman–Crippen MR) is 77.2 cm³/mol. The molecule has 0 spiro atoms. The van der Waals surface area contributed by atoms with E-state index < -0.39 is 0 Å². The standard InChI is InChI=1S/C16H22N2O/c1-11-5-3-6-12(2)15(11)17-16(19)13-8-10-18-9-4-7-14(13)18/h3,5-6,13-14H,4,7-10H2,1-2H3,(H,17,19). The van der Waals surface area contributed by atoms with Crippen molar-refractivity contribution in [1.82, 2.24) is 4.90 Å². The van der Waals surface area contributed by atoms with Gasteiger partial charge >= 0.3 is 0 Å². The molecule has 0 saturated carbocycles. The molecule has 2 aliphatic heterocycles. The van der Waals surface area contributed by atoms with Crippen LogP contribution in [0.4, 0.5) is 5.69 Å². The Kier molecular flexibility index (Phi) is 3.31. The number of para-hydroxylation sites is 1. The lowest BCUT2D eigenvalue weighted by Gasteiger charge is -2.20. The van der Waals surface area contributed by atoms with E-state index in [1.807, 2.05) is 6.07 Å². The van der Waals surface area contributed by atoms with Crippen molar-refractivity contribution >= 4 is 11.6 Å². The molecule has 1 aromatic carbocycles. The van der Waals surface area contributed by atoms with Gasteiger partial charge in [-0.05, 0) is 57.3 Å². The Hall–Kier alpha value is -1.35. The summed E-state index contributed by atoms with van der Waals surface area (Å²) in [4.78, 5) is 15.0. The van der Waals surface area contributed by atoms with Crippen LogP contribution in [-0.4, -0.2) is 29.9 Å². The van der Waals surface area contributed by atoms with E-state index in [4.69, 9.17) is 0 Å². The number of hydrogen-bond donors (Lipinski definition) is 1. The Morgan fingerprint density at radius 3 is 2.68 bits per heavy atom. The molecule has 2 heterocycles. The molecule has 2 saturated heterocycles. The van der Waals surface area contributed by atoms with Crippen molar-refractivity contribution in [1.29, 1.82) is 0 Å². The van der Waals surface area contributed by atoms with E-state index in [1.54, 1.807) is 0 Å². The van der Waals surface area contributed by atoms with Crippen LogP contribution < -0.4 is 5.32 Å². The normalized spacial score (nSPS) is 26.4. The van der Waals surface area contributed by atoms with Crippen LogP contribution in [0.3, 0.4) is 0 Å². The van der Waals surface area contributed by atoms with Gasteiger partial charge in [-0.2, -0.15) is 0 Å². The summed E-state index contributed by atoms with van der Waals surface area (Å²) in [6.07, 6.45) is 3.45. The van der Waals surface area contributed by atoms with Crippen molar-refractivity contribution in [3.63, 3.8) is 0 Å². The van der Waals surface area contributed by atoms with Crippen LogP contribution in [0.1, 0.15) is 30.4 Å². The van der Waals surface area contributed by atoms with Crippen molar-refractivity contribution in [2.24, 2.45) is 5.92 Å². The van der Waals surface area contributed by atoms with Gasteiger partial charge in [0.05, 0.1) is 5.92 Å². The number of nitrogens with zero attached hydrogens (tertiary/aromatic N) is 1. The first-order valence-electron chi connectivity index (χ1n) is 7.28. The zero-order valence-electron chi connectivity index (χ0n) is 11.8. The second-order valence-electron chi connectivity index (χ2n) is 5.90. The minimum Gasteiger partial charge on any atom is -0.325 e. The third kappa shape index (κ3) is 2.27. The molecule has 0 radical (unpaired) electrons. The number of amides is 1. The fourth-order valence-electron chi connectivity index (χ4n) is 3.62. The molecule has 102 valence electrons. The smallest absolute Gasteiger partial charge is 0.229 e. The molecule has 0 bridgehead atoms. The van der Waals surface area contributed by atoms with Gasteiger partial charge in [0.25, 0.3) is 0 Å². The van der Waals surface area contributed by atoms with Crippen LogP contribution >= 0.6 is 0 Å². The number of rotatable bonds is 2. The second kappa shape index (κ2) is 4.97. The summed E-state index contributed by atoms with van der Waals surface area (Å²) in [6, 6.07) is 6.64. The monoisotopic (exact) mass is 258 g/mol. The summed E-state index contributed by atoms with van der Waals surface area (Å²) < 4.78 is 0.